The Balaban J connectivity index is 2.58. The van der Waals surface area contributed by atoms with Crippen LogP contribution in [0.4, 0.5) is 5.69 Å². The lowest BCUT2D eigenvalue weighted by Crippen LogP contribution is -2.29. The van der Waals surface area contributed by atoms with E-state index in [0.29, 0.717) is 5.39 Å². The van der Waals surface area contributed by atoms with Gasteiger partial charge in [0.15, 0.2) is 6.10 Å². The number of rotatable bonds is 4. The van der Waals surface area contributed by atoms with Crippen LogP contribution in [0.1, 0.15) is 11.7 Å². The maximum Gasteiger partial charge on any atom is 0.337 e. The highest BCUT2D eigenvalue weighted by Gasteiger charge is 2.29. The quantitative estimate of drug-likeness (QED) is 0.483. The van der Waals surface area contributed by atoms with E-state index in [4.69, 9.17) is 0 Å². The van der Waals surface area contributed by atoms with Crippen molar-refractivity contribution in [2.45, 2.75) is 12.2 Å². The predicted molar refractivity (Wildman–Crippen MR) is 71.4 cm³/mol. The molecule has 8 heteroatoms. The molecule has 0 bridgehead atoms. The lowest BCUT2D eigenvalue weighted by atomic mass is 9.97. The number of hydrogen-bond acceptors (Lipinski definition) is 7. The van der Waals surface area contributed by atoms with E-state index in [9.17, 15) is 25.1 Å². The molecule has 2 unspecified atom stereocenters. The number of fused-ring (bicyclic) bond motifs is 1. The summed E-state index contributed by atoms with van der Waals surface area (Å²) in [5.41, 5.74) is -0.00231. The van der Waals surface area contributed by atoms with Gasteiger partial charge in [0.05, 0.1) is 17.4 Å². The van der Waals surface area contributed by atoms with Gasteiger partial charge in [0, 0.05) is 18.5 Å². The molecule has 0 spiro atoms. The van der Waals surface area contributed by atoms with E-state index in [2.05, 4.69) is 9.72 Å². The SMILES string of the molecule is COC(=O)C(O)C(O)c1ccc([N+](=O)[O-])c2cnccc12. The summed E-state index contributed by atoms with van der Waals surface area (Å²) in [6.07, 6.45) is -0.669. The average molecular weight is 292 g/mol. The van der Waals surface area contributed by atoms with Crippen LogP contribution >= 0.6 is 0 Å². The van der Waals surface area contributed by atoms with E-state index in [-0.39, 0.29) is 16.6 Å². The van der Waals surface area contributed by atoms with Gasteiger partial charge < -0.3 is 14.9 Å². The fourth-order valence-corrected chi connectivity index (χ4v) is 2.04. The van der Waals surface area contributed by atoms with Crippen LogP contribution < -0.4 is 0 Å². The van der Waals surface area contributed by atoms with Crippen molar-refractivity contribution >= 4 is 22.4 Å². The third kappa shape index (κ3) is 2.67. The van der Waals surface area contributed by atoms with Crippen LogP contribution in [0, 0.1) is 10.1 Å². The molecule has 21 heavy (non-hydrogen) atoms. The van der Waals surface area contributed by atoms with Crippen LogP contribution in [-0.4, -0.2) is 39.3 Å². The molecular weight excluding hydrogens is 280 g/mol. The number of nitro benzene ring substituents is 1. The summed E-state index contributed by atoms with van der Waals surface area (Å²) < 4.78 is 4.36. The minimum absolute atomic E-state index is 0.177. The second kappa shape index (κ2) is 5.81. The molecule has 8 nitrogen and oxygen atoms in total. The molecule has 0 saturated carbocycles. The van der Waals surface area contributed by atoms with Gasteiger partial charge in [-0.1, -0.05) is 0 Å². The first kappa shape index (κ1) is 14.8. The fourth-order valence-electron chi connectivity index (χ4n) is 2.04. The van der Waals surface area contributed by atoms with Gasteiger partial charge in [0.1, 0.15) is 6.10 Å². The third-order valence-electron chi connectivity index (χ3n) is 3.09. The average Bonchev–Trinajstić information content (AvgIpc) is 2.51. The Bertz CT molecular complexity index is 702. The van der Waals surface area contributed by atoms with Gasteiger partial charge in [-0.05, 0) is 23.1 Å². The number of carbonyl (C=O) groups is 1. The second-order valence-corrected chi connectivity index (χ2v) is 4.27. The van der Waals surface area contributed by atoms with Crippen molar-refractivity contribution in [2.24, 2.45) is 0 Å². The number of hydrogen-bond donors (Lipinski definition) is 2. The number of benzene rings is 1. The number of aliphatic hydroxyl groups is 2. The van der Waals surface area contributed by atoms with E-state index < -0.39 is 23.1 Å². The van der Waals surface area contributed by atoms with Gasteiger partial charge in [-0.2, -0.15) is 0 Å². The highest BCUT2D eigenvalue weighted by atomic mass is 16.6. The molecule has 2 atom stereocenters. The van der Waals surface area contributed by atoms with Crippen LogP contribution in [0.25, 0.3) is 10.8 Å². The molecular formula is C13H12N2O6. The van der Waals surface area contributed by atoms with Crippen LogP contribution in [-0.2, 0) is 9.53 Å². The Morgan fingerprint density at radius 3 is 2.67 bits per heavy atom. The van der Waals surface area contributed by atoms with E-state index in [1.807, 2.05) is 0 Å². The number of aromatic nitrogens is 1. The lowest BCUT2D eigenvalue weighted by molar-refractivity contribution is -0.383. The van der Waals surface area contributed by atoms with Crippen molar-refractivity contribution < 1.29 is 24.7 Å². The molecule has 0 radical (unpaired) electrons. The summed E-state index contributed by atoms with van der Waals surface area (Å²) in [6.45, 7) is 0. The largest absolute Gasteiger partial charge is 0.467 e. The Kier molecular flexibility index (Phi) is 4.10. The fraction of sp³-hybridized carbons (Fsp3) is 0.231. The minimum atomic E-state index is -1.78. The number of aliphatic hydroxyl groups excluding tert-OH is 2. The summed E-state index contributed by atoms with van der Waals surface area (Å²) >= 11 is 0. The van der Waals surface area contributed by atoms with E-state index >= 15 is 0 Å². The summed E-state index contributed by atoms with van der Waals surface area (Å²) in [6, 6.07) is 3.94. The van der Waals surface area contributed by atoms with E-state index in [0.717, 1.165) is 7.11 Å². The van der Waals surface area contributed by atoms with Gasteiger partial charge in [-0.15, -0.1) is 0 Å². The molecule has 0 amide bonds. The summed E-state index contributed by atoms with van der Waals surface area (Å²) in [7, 11) is 1.08. The highest BCUT2D eigenvalue weighted by Crippen LogP contribution is 2.32. The first-order valence-electron chi connectivity index (χ1n) is 5.92. The van der Waals surface area contributed by atoms with Gasteiger partial charge in [0.2, 0.25) is 0 Å². The number of esters is 1. The van der Waals surface area contributed by atoms with Crippen molar-refractivity contribution in [3.63, 3.8) is 0 Å². The van der Waals surface area contributed by atoms with Crippen molar-refractivity contribution in [3.05, 3.63) is 46.3 Å². The summed E-state index contributed by atoms with van der Waals surface area (Å²) in [5.74, 6) is -0.997. The number of pyridine rings is 1. The Morgan fingerprint density at radius 2 is 2.05 bits per heavy atom. The van der Waals surface area contributed by atoms with E-state index in [1.165, 1.54) is 30.6 Å². The maximum atomic E-state index is 11.3. The Morgan fingerprint density at radius 1 is 1.33 bits per heavy atom. The lowest BCUT2D eigenvalue weighted by Gasteiger charge is -2.17. The number of carbonyl (C=O) groups excluding carboxylic acids is 1. The zero-order valence-electron chi connectivity index (χ0n) is 11.0. The second-order valence-electron chi connectivity index (χ2n) is 4.27. The van der Waals surface area contributed by atoms with Gasteiger partial charge in [-0.3, -0.25) is 15.1 Å². The van der Waals surface area contributed by atoms with E-state index in [1.54, 1.807) is 0 Å². The number of nitro groups is 1. The van der Waals surface area contributed by atoms with Crippen molar-refractivity contribution in [1.29, 1.82) is 0 Å². The molecule has 0 fully saturated rings. The molecule has 1 aromatic carbocycles. The standard InChI is InChI=1S/C13H12N2O6/c1-21-13(18)12(17)11(16)8-2-3-10(15(19)20)9-6-14-5-4-7(8)9/h2-6,11-12,16-17H,1H3. The molecule has 0 aliphatic carbocycles. The number of ether oxygens (including phenoxy) is 1. The summed E-state index contributed by atoms with van der Waals surface area (Å²) in [5, 5.41) is 31.3. The predicted octanol–water partition coefficient (Wildman–Crippen LogP) is 0.710. The molecule has 0 aliphatic rings. The zero-order chi connectivity index (χ0) is 15.6. The van der Waals surface area contributed by atoms with Crippen LogP contribution in [0.5, 0.6) is 0 Å². The first-order chi connectivity index (χ1) is 9.97. The molecule has 2 rings (SSSR count). The van der Waals surface area contributed by atoms with Crippen molar-refractivity contribution in [3.8, 4) is 0 Å². The molecule has 2 aromatic rings. The normalized spacial score (nSPS) is 13.7. The van der Waals surface area contributed by atoms with Gasteiger partial charge in [-0.25, -0.2) is 4.79 Å². The molecule has 0 aliphatic heterocycles. The smallest absolute Gasteiger partial charge is 0.337 e. The molecule has 0 saturated heterocycles. The molecule has 1 heterocycles. The molecule has 2 N–H and O–H groups in total. The Labute approximate surface area is 118 Å². The van der Waals surface area contributed by atoms with Crippen LogP contribution in [0.2, 0.25) is 0 Å². The van der Waals surface area contributed by atoms with Gasteiger partial charge >= 0.3 is 5.97 Å². The van der Waals surface area contributed by atoms with Crippen molar-refractivity contribution in [1.82, 2.24) is 4.98 Å². The number of non-ortho nitro benzene ring substituents is 1. The van der Waals surface area contributed by atoms with Crippen molar-refractivity contribution in [2.75, 3.05) is 7.11 Å². The Hall–Kier alpha value is -2.58. The highest BCUT2D eigenvalue weighted by molar-refractivity contribution is 5.93. The first-order valence-corrected chi connectivity index (χ1v) is 5.92. The van der Waals surface area contributed by atoms with Crippen LogP contribution in [0.15, 0.2) is 30.6 Å². The summed E-state index contributed by atoms with van der Waals surface area (Å²) in [4.78, 5) is 25.5. The third-order valence-corrected chi connectivity index (χ3v) is 3.09. The molecule has 110 valence electrons. The van der Waals surface area contributed by atoms with Gasteiger partial charge in [0.25, 0.3) is 5.69 Å². The zero-order valence-corrected chi connectivity index (χ0v) is 11.0. The minimum Gasteiger partial charge on any atom is -0.467 e. The topological polar surface area (TPSA) is 123 Å². The monoisotopic (exact) mass is 292 g/mol. The number of nitrogens with zero attached hydrogens (tertiary/aromatic N) is 2. The number of methoxy groups -OCH3 is 1. The van der Waals surface area contributed by atoms with Crippen LogP contribution in [0.3, 0.4) is 0 Å². The molecule has 1 aromatic heterocycles. The maximum absolute atomic E-state index is 11.3.